The van der Waals surface area contributed by atoms with E-state index >= 15 is 0 Å². The van der Waals surface area contributed by atoms with E-state index in [-0.39, 0.29) is 0 Å². The number of rotatable bonds is 8. The van der Waals surface area contributed by atoms with Gasteiger partial charge in [0.1, 0.15) is 12.4 Å². The minimum Gasteiger partial charge on any atom is -0.492 e. The van der Waals surface area contributed by atoms with Crippen LogP contribution in [-0.4, -0.2) is 19.7 Å². The van der Waals surface area contributed by atoms with Crippen LogP contribution in [-0.2, 0) is 0 Å². The highest BCUT2D eigenvalue weighted by molar-refractivity contribution is 5.20. The molecule has 0 amide bonds. The Morgan fingerprint density at radius 1 is 1.24 bits per heavy atom. The van der Waals surface area contributed by atoms with E-state index in [0.29, 0.717) is 5.41 Å². The lowest BCUT2D eigenvalue weighted by molar-refractivity contribution is 0.304. The average molecular weight is 233 g/mol. The molecule has 17 heavy (non-hydrogen) atoms. The number of nitrogens with one attached hydrogen (secondary N) is 1. The van der Waals surface area contributed by atoms with E-state index in [1.807, 2.05) is 30.3 Å². The van der Waals surface area contributed by atoms with Crippen molar-refractivity contribution in [1.29, 1.82) is 0 Å². The summed E-state index contributed by atoms with van der Waals surface area (Å²) in [6.07, 6.45) is 5.50. The molecule has 1 aromatic rings. The van der Waals surface area contributed by atoms with Crippen LogP contribution in [0.25, 0.3) is 0 Å². The summed E-state index contributed by atoms with van der Waals surface area (Å²) in [5.74, 6) is 0.962. The number of hydrogen-bond donors (Lipinski definition) is 1. The van der Waals surface area contributed by atoms with Gasteiger partial charge in [-0.05, 0) is 36.8 Å². The van der Waals surface area contributed by atoms with E-state index in [1.165, 1.54) is 32.2 Å². The maximum absolute atomic E-state index is 5.64. The standard InChI is InChI=1S/C15H23NO/c1-2-8-15(9-10-15)13-16-11-12-17-14-6-4-3-5-7-14/h3-7,16H,2,8-13H2,1H3. The molecule has 1 saturated carbocycles. The van der Waals surface area contributed by atoms with Crippen LogP contribution >= 0.6 is 0 Å². The van der Waals surface area contributed by atoms with E-state index in [0.717, 1.165) is 18.9 Å². The molecule has 0 saturated heterocycles. The first-order valence-electron chi connectivity index (χ1n) is 6.73. The van der Waals surface area contributed by atoms with Crippen LogP contribution in [0.2, 0.25) is 0 Å². The van der Waals surface area contributed by atoms with Crippen LogP contribution in [0.1, 0.15) is 32.6 Å². The zero-order valence-electron chi connectivity index (χ0n) is 10.7. The highest BCUT2D eigenvalue weighted by Crippen LogP contribution is 2.48. The third-order valence-electron chi connectivity index (χ3n) is 3.53. The van der Waals surface area contributed by atoms with E-state index in [2.05, 4.69) is 12.2 Å². The summed E-state index contributed by atoms with van der Waals surface area (Å²) in [7, 11) is 0. The van der Waals surface area contributed by atoms with Gasteiger partial charge in [0, 0.05) is 13.1 Å². The Hall–Kier alpha value is -1.02. The van der Waals surface area contributed by atoms with Crippen molar-refractivity contribution < 1.29 is 4.74 Å². The Morgan fingerprint density at radius 2 is 2.00 bits per heavy atom. The third-order valence-corrected chi connectivity index (χ3v) is 3.53. The summed E-state index contributed by atoms with van der Waals surface area (Å²) in [4.78, 5) is 0. The van der Waals surface area contributed by atoms with E-state index in [1.54, 1.807) is 0 Å². The van der Waals surface area contributed by atoms with Crippen LogP contribution in [0.4, 0.5) is 0 Å². The molecule has 1 N–H and O–H groups in total. The zero-order chi connectivity index (χ0) is 12.0. The predicted molar refractivity (Wildman–Crippen MR) is 71.4 cm³/mol. The number of ether oxygens (including phenoxy) is 1. The molecule has 94 valence electrons. The molecule has 0 radical (unpaired) electrons. The van der Waals surface area contributed by atoms with Gasteiger partial charge in [0.15, 0.2) is 0 Å². The van der Waals surface area contributed by atoms with Crippen molar-refractivity contribution in [2.75, 3.05) is 19.7 Å². The molecule has 1 aromatic carbocycles. The Labute approximate surface area is 104 Å². The molecule has 1 aliphatic rings. The fourth-order valence-corrected chi connectivity index (χ4v) is 2.33. The molecule has 0 unspecified atom stereocenters. The first kappa shape index (κ1) is 12.4. The molecule has 2 heteroatoms. The van der Waals surface area contributed by atoms with Crippen molar-refractivity contribution in [3.05, 3.63) is 30.3 Å². The Bertz CT molecular complexity index is 319. The molecular formula is C15H23NO. The fourth-order valence-electron chi connectivity index (χ4n) is 2.33. The first-order chi connectivity index (χ1) is 8.35. The Balaban J connectivity index is 1.55. The number of hydrogen-bond acceptors (Lipinski definition) is 2. The Kier molecular flexibility index (Phi) is 4.43. The van der Waals surface area contributed by atoms with Gasteiger partial charge >= 0.3 is 0 Å². The monoisotopic (exact) mass is 233 g/mol. The largest absolute Gasteiger partial charge is 0.492 e. The molecule has 0 spiro atoms. The van der Waals surface area contributed by atoms with Crippen molar-refractivity contribution in [3.8, 4) is 5.75 Å². The van der Waals surface area contributed by atoms with Gasteiger partial charge < -0.3 is 10.1 Å². The van der Waals surface area contributed by atoms with Gasteiger partial charge in [0.2, 0.25) is 0 Å². The highest BCUT2D eigenvalue weighted by atomic mass is 16.5. The second-order valence-electron chi connectivity index (χ2n) is 5.09. The van der Waals surface area contributed by atoms with Gasteiger partial charge in [0.05, 0.1) is 0 Å². The van der Waals surface area contributed by atoms with E-state index in [9.17, 15) is 0 Å². The Morgan fingerprint density at radius 3 is 2.65 bits per heavy atom. The lowest BCUT2D eigenvalue weighted by Crippen LogP contribution is -2.28. The number of para-hydroxylation sites is 1. The fraction of sp³-hybridized carbons (Fsp3) is 0.600. The molecule has 0 atom stereocenters. The lowest BCUT2D eigenvalue weighted by Gasteiger charge is -2.15. The SMILES string of the molecule is CCCC1(CNCCOc2ccccc2)CC1. The summed E-state index contributed by atoms with van der Waals surface area (Å²) in [6.45, 7) is 5.14. The van der Waals surface area contributed by atoms with Crippen molar-refractivity contribution >= 4 is 0 Å². The van der Waals surface area contributed by atoms with Crippen molar-refractivity contribution in [2.45, 2.75) is 32.6 Å². The van der Waals surface area contributed by atoms with Gasteiger partial charge in [0.25, 0.3) is 0 Å². The van der Waals surface area contributed by atoms with Gasteiger partial charge in [-0.3, -0.25) is 0 Å². The van der Waals surface area contributed by atoms with Gasteiger partial charge in [-0.2, -0.15) is 0 Å². The van der Waals surface area contributed by atoms with Crippen LogP contribution in [0.15, 0.2) is 30.3 Å². The second kappa shape index (κ2) is 6.06. The lowest BCUT2D eigenvalue weighted by atomic mass is 10.0. The maximum Gasteiger partial charge on any atom is 0.119 e. The van der Waals surface area contributed by atoms with Crippen LogP contribution < -0.4 is 10.1 Å². The highest BCUT2D eigenvalue weighted by Gasteiger charge is 2.40. The van der Waals surface area contributed by atoms with Gasteiger partial charge in [-0.15, -0.1) is 0 Å². The summed E-state index contributed by atoms with van der Waals surface area (Å²) in [6, 6.07) is 10.0. The van der Waals surface area contributed by atoms with Crippen LogP contribution in [0, 0.1) is 5.41 Å². The normalized spacial score (nSPS) is 16.8. The van der Waals surface area contributed by atoms with E-state index in [4.69, 9.17) is 4.74 Å². The molecule has 0 bridgehead atoms. The minimum absolute atomic E-state index is 0.640. The molecule has 2 rings (SSSR count). The zero-order valence-corrected chi connectivity index (χ0v) is 10.7. The molecule has 2 nitrogen and oxygen atoms in total. The summed E-state index contributed by atoms with van der Waals surface area (Å²) in [5.41, 5.74) is 0.640. The van der Waals surface area contributed by atoms with Crippen LogP contribution in [0.5, 0.6) is 5.75 Å². The maximum atomic E-state index is 5.64. The smallest absolute Gasteiger partial charge is 0.119 e. The minimum atomic E-state index is 0.640. The summed E-state index contributed by atoms with van der Waals surface area (Å²) < 4.78 is 5.64. The second-order valence-corrected chi connectivity index (χ2v) is 5.09. The molecule has 0 aliphatic heterocycles. The molecular weight excluding hydrogens is 210 g/mol. The molecule has 0 heterocycles. The van der Waals surface area contributed by atoms with Crippen molar-refractivity contribution in [3.63, 3.8) is 0 Å². The van der Waals surface area contributed by atoms with Gasteiger partial charge in [-0.1, -0.05) is 31.5 Å². The topological polar surface area (TPSA) is 21.3 Å². The van der Waals surface area contributed by atoms with Gasteiger partial charge in [-0.25, -0.2) is 0 Å². The third kappa shape index (κ3) is 4.04. The quantitative estimate of drug-likeness (QED) is 0.696. The number of benzene rings is 1. The van der Waals surface area contributed by atoms with E-state index < -0.39 is 0 Å². The molecule has 1 aliphatic carbocycles. The molecule has 1 fully saturated rings. The predicted octanol–water partition coefficient (Wildman–Crippen LogP) is 3.24. The first-order valence-corrected chi connectivity index (χ1v) is 6.73. The van der Waals surface area contributed by atoms with Crippen molar-refractivity contribution in [1.82, 2.24) is 5.32 Å². The molecule has 0 aromatic heterocycles. The van der Waals surface area contributed by atoms with Crippen LogP contribution in [0.3, 0.4) is 0 Å². The summed E-state index contributed by atoms with van der Waals surface area (Å²) in [5, 5.41) is 3.52. The average Bonchev–Trinajstić information content (AvgIpc) is 3.11. The summed E-state index contributed by atoms with van der Waals surface area (Å²) >= 11 is 0. The van der Waals surface area contributed by atoms with Crippen molar-refractivity contribution in [2.24, 2.45) is 5.41 Å².